The number of ether oxygens (including phenoxy) is 1. The fraction of sp³-hybridized carbons (Fsp3) is 0.353. The van der Waals surface area contributed by atoms with E-state index in [1.165, 1.54) is 0 Å². The number of hydrogen-bond donors (Lipinski definition) is 1. The van der Waals surface area contributed by atoms with Crippen molar-refractivity contribution >= 4 is 68.2 Å². The maximum atomic E-state index is 12.8. The van der Waals surface area contributed by atoms with Crippen molar-refractivity contribution in [1.29, 1.82) is 0 Å². The van der Waals surface area contributed by atoms with E-state index in [0.717, 1.165) is 25.1 Å². The van der Waals surface area contributed by atoms with E-state index in [1.807, 2.05) is 4.57 Å². The van der Waals surface area contributed by atoms with Crippen LogP contribution in [0, 0.1) is 4.77 Å². The lowest BCUT2D eigenvalue weighted by Gasteiger charge is -2.16. The highest BCUT2D eigenvalue weighted by Crippen LogP contribution is 2.37. The Kier molecular flexibility index (Phi) is 5.09. The number of hydrogen-bond acceptors (Lipinski definition) is 4. The second kappa shape index (κ2) is 7.24. The molecule has 10 heteroatoms. The van der Waals surface area contributed by atoms with Gasteiger partial charge in [-0.15, -0.1) is 0 Å². The Morgan fingerprint density at radius 2 is 2.30 bits per heavy atom. The fourth-order valence-corrected chi connectivity index (χ4v) is 4.77. The highest BCUT2D eigenvalue weighted by atomic mass is 79.9. The van der Waals surface area contributed by atoms with Crippen LogP contribution in [-0.4, -0.2) is 31.9 Å². The third-order valence-corrected chi connectivity index (χ3v) is 6.50. The molecule has 0 bridgehead atoms. The van der Waals surface area contributed by atoms with Crippen LogP contribution in [0.25, 0.3) is 10.9 Å². The predicted octanol–water partition coefficient (Wildman–Crippen LogP) is 5.06. The monoisotopic (exact) mass is 488 g/mol. The first kappa shape index (κ1) is 19.0. The molecule has 0 amide bonds. The molecule has 1 unspecified atom stereocenters. The molecule has 1 atom stereocenters. The van der Waals surface area contributed by atoms with Crippen molar-refractivity contribution in [2.45, 2.75) is 32.4 Å². The second-order valence-corrected chi connectivity index (χ2v) is 8.25. The average molecular weight is 490 g/mol. The third-order valence-electron chi connectivity index (χ3n) is 4.63. The summed E-state index contributed by atoms with van der Waals surface area (Å²) in [5.74, 6) is -0.414. The highest BCUT2D eigenvalue weighted by molar-refractivity contribution is 9.10. The lowest BCUT2D eigenvalue weighted by atomic mass is 10.1. The Labute approximate surface area is 178 Å². The number of carbonyl (C=O) groups is 1. The smallest absolute Gasteiger partial charge is 0.337 e. The number of rotatable bonds is 4. The summed E-state index contributed by atoms with van der Waals surface area (Å²) >= 11 is 21.5. The van der Waals surface area contributed by atoms with E-state index >= 15 is 0 Å². The van der Waals surface area contributed by atoms with Gasteiger partial charge in [0, 0.05) is 28.3 Å². The van der Waals surface area contributed by atoms with Gasteiger partial charge in [-0.05, 0) is 54.0 Å². The van der Waals surface area contributed by atoms with Gasteiger partial charge < -0.3 is 14.3 Å². The molecule has 0 aliphatic carbocycles. The Bertz CT molecular complexity index is 1120. The fourth-order valence-electron chi connectivity index (χ4n) is 3.47. The minimum Gasteiger partial charge on any atom is -0.464 e. The van der Waals surface area contributed by atoms with E-state index in [-0.39, 0.29) is 6.61 Å². The molecule has 2 aromatic heterocycles. The molecule has 142 valence electrons. The summed E-state index contributed by atoms with van der Waals surface area (Å²) in [5.41, 5.74) is 2.23. The minimum atomic E-state index is -0.792. The second-order valence-electron chi connectivity index (χ2n) is 6.23. The van der Waals surface area contributed by atoms with Gasteiger partial charge in [0.2, 0.25) is 0 Å². The van der Waals surface area contributed by atoms with Crippen LogP contribution >= 0.6 is 51.3 Å². The van der Waals surface area contributed by atoms with Gasteiger partial charge in [-0.3, -0.25) is 4.68 Å². The molecule has 4 rings (SSSR count). The van der Waals surface area contributed by atoms with Crippen LogP contribution in [0.5, 0.6) is 0 Å². The quantitative estimate of drug-likeness (QED) is 0.316. The zero-order chi connectivity index (χ0) is 19.3. The van der Waals surface area contributed by atoms with Crippen LogP contribution in [-0.2, 0) is 22.5 Å². The standard InChI is InChI=1S/C17H15BrCl2N4O2S/c1-2-26-16(25)15(14-11-4-3-5-23(11)17(27)21-14)24-7-8-10(19)6-9(18)12(20)13(8)22-24/h6-7,15H,2-5H2,1H3,(H,21,27). The van der Waals surface area contributed by atoms with E-state index in [4.69, 9.17) is 40.2 Å². The summed E-state index contributed by atoms with van der Waals surface area (Å²) < 4.78 is 10.1. The number of nitrogens with one attached hydrogen (secondary N) is 1. The summed E-state index contributed by atoms with van der Waals surface area (Å²) in [4.78, 5) is 16.0. The van der Waals surface area contributed by atoms with Gasteiger partial charge in [-0.25, -0.2) is 4.79 Å². The van der Waals surface area contributed by atoms with Crippen molar-refractivity contribution < 1.29 is 9.53 Å². The van der Waals surface area contributed by atoms with Gasteiger partial charge >= 0.3 is 5.97 Å². The number of benzene rings is 1. The molecule has 1 aliphatic rings. The topological polar surface area (TPSA) is 64.8 Å². The zero-order valence-corrected chi connectivity index (χ0v) is 18.2. The molecule has 0 saturated heterocycles. The largest absolute Gasteiger partial charge is 0.464 e. The van der Waals surface area contributed by atoms with Gasteiger partial charge in [0.25, 0.3) is 0 Å². The maximum absolute atomic E-state index is 12.8. The molecular formula is C17H15BrCl2N4O2S. The first-order chi connectivity index (χ1) is 12.9. The molecule has 27 heavy (non-hydrogen) atoms. The van der Waals surface area contributed by atoms with Crippen LogP contribution in [0.3, 0.4) is 0 Å². The van der Waals surface area contributed by atoms with Gasteiger partial charge in [0.1, 0.15) is 5.52 Å². The van der Waals surface area contributed by atoms with Crippen molar-refractivity contribution in [3.8, 4) is 0 Å². The van der Waals surface area contributed by atoms with Crippen molar-refractivity contribution in [2.75, 3.05) is 6.61 Å². The van der Waals surface area contributed by atoms with E-state index in [2.05, 4.69) is 26.0 Å². The lowest BCUT2D eigenvalue weighted by Crippen LogP contribution is -2.25. The van der Waals surface area contributed by atoms with Gasteiger partial charge in [0.05, 0.1) is 22.3 Å². The van der Waals surface area contributed by atoms with Gasteiger partial charge in [-0.1, -0.05) is 23.2 Å². The van der Waals surface area contributed by atoms with Crippen LogP contribution in [0.15, 0.2) is 16.7 Å². The number of imidazole rings is 1. The number of aromatic nitrogens is 4. The molecule has 3 heterocycles. The summed E-state index contributed by atoms with van der Waals surface area (Å²) in [5, 5.41) is 6.14. The zero-order valence-electron chi connectivity index (χ0n) is 14.3. The summed E-state index contributed by atoms with van der Waals surface area (Å²) in [6.07, 6.45) is 3.54. The van der Waals surface area contributed by atoms with Gasteiger partial charge in [0.15, 0.2) is 10.8 Å². The summed E-state index contributed by atoms with van der Waals surface area (Å²) in [6.45, 7) is 2.87. The molecule has 1 aliphatic heterocycles. The van der Waals surface area contributed by atoms with E-state index < -0.39 is 12.0 Å². The molecule has 0 fully saturated rings. The summed E-state index contributed by atoms with van der Waals surface area (Å²) in [6, 6.07) is 0.917. The van der Waals surface area contributed by atoms with Crippen LogP contribution in [0.4, 0.5) is 0 Å². The molecule has 0 saturated carbocycles. The number of H-pyrrole nitrogens is 1. The first-order valence-electron chi connectivity index (χ1n) is 8.43. The van der Waals surface area contributed by atoms with E-state index in [9.17, 15) is 4.79 Å². The van der Waals surface area contributed by atoms with E-state index in [0.29, 0.717) is 35.9 Å². The number of aromatic amines is 1. The SMILES string of the molecule is CCOC(=O)C(c1[nH]c(=S)n2c1CCC2)n1cc2c(Cl)cc(Br)c(Cl)c2n1. The maximum Gasteiger partial charge on any atom is 0.337 e. The molecule has 1 aromatic carbocycles. The molecule has 3 aromatic rings. The number of nitrogens with zero attached hydrogens (tertiary/aromatic N) is 3. The number of carbonyl (C=O) groups excluding carboxylic acids is 1. The Balaban J connectivity index is 1.93. The highest BCUT2D eigenvalue weighted by Gasteiger charge is 2.32. The van der Waals surface area contributed by atoms with Crippen molar-refractivity contribution in [3.63, 3.8) is 0 Å². The van der Waals surface area contributed by atoms with Crippen LogP contribution < -0.4 is 0 Å². The predicted molar refractivity (Wildman–Crippen MR) is 110 cm³/mol. The lowest BCUT2D eigenvalue weighted by molar-refractivity contribution is -0.146. The van der Waals surface area contributed by atoms with Crippen molar-refractivity contribution in [3.05, 3.63) is 42.9 Å². The molecule has 0 radical (unpaired) electrons. The Morgan fingerprint density at radius 3 is 3.04 bits per heavy atom. The number of esters is 1. The molecular weight excluding hydrogens is 475 g/mol. The van der Waals surface area contributed by atoms with Crippen LogP contribution in [0.1, 0.15) is 30.8 Å². The Morgan fingerprint density at radius 1 is 1.52 bits per heavy atom. The normalized spacial score (nSPS) is 14.5. The first-order valence-corrected chi connectivity index (χ1v) is 10.4. The third kappa shape index (κ3) is 3.12. The summed E-state index contributed by atoms with van der Waals surface area (Å²) in [7, 11) is 0. The Hall–Kier alpha value is -1.35. The average Bonchev–Trinajstić information content (AvgIpc) is 3.32. The van der Waals surface area contributed by atoms with Crippen LogP contribution in [0.2, 0.25) is 10.0 Å². The molecule has 0 spiro atoms. The molecule has 1 N–H and O–H groups in total. The van der Waals surface area contributed by atoms with Gasteiger partial charge in [-0.2, -0.15) is 5.10 Å². The van der Waals surface area contributed by atoms with E-state index in [1.54, 1.807) is 23.9 Å². The number of fused-ring (bicyclic) bond motifs is 2. The minimum absolute atomic E-state index is 0.264. The molecule has 6 nitrogen and oxygen atoms in total. The number of halogens is 3. The van der Waals surface area contributed by atoms with Crippen molar-refractivity contribution in [2.24, 2.45) is 0 Å². The van der Waals surface area contributed by atoms with Crippen molar-refractivity contribution in [1.82, 2.24) is 19.3 Å².